The molecule has 1 aromatic heterocycles. The van der Waals surface area contributed by atoms with Crippen molar-refractivity contribution in [1.82, 2.24) is 4.90 Å². The third kappa shape index (κ3) is 3.83. The Hall–Kier alpha value is -3.34. The summed E-state index contributed by atoms with van der Waals surface area (Å²) >= 11 is 0. The van der Waals surface area contributed by atoms with Crippen LogP contribution in [0.1, 0.15) is 44.7 Å². The van der Waals surface area contributed by atoms with E-state index in [9.17, 15) is 9.59 Å². The van der Waals surface area contributed by atoms with Crippen LogP contribution in [0, 0.1) is 0 Å². The molecule has 28 heavy (non-hydrogen) atoms. The molecule has 3 aromatic rings. The van der Waals surface area contributed by atoms with Crippen LogP contribution in [0.3, 0.4) is 0 Å². The molecule has 1 aliphatic rings. The molecule has 0 atom stereocenters. The number of hydrogen-bond acceptors (Lipinski definition) is 4. The van der Waals surface area contributed by atoms with Crippen LogP contribution in [0.2, 0.25) is 0 Å². The summed E-state index contributed by atoms with van der Waals surface area (Å²) in [6, 6.07) is 18.6. The number of ketones is 1. The maximum Gasteiger partial charge on any atom is 0.289 e. The van der Waals surface area contributed by atoms with E-state index in [-0.39, 0.29) is 18.3 Å². The molecule has 2 aromatic carbocycles. The largest absolute Gasteiger partial charge is 0.486 e. The second-order valence-corrected chi connectivity index (χ2v) is 6.88. The average molecular weight is 375 g/mol. The molecular formula is C23H21NO4. The van der Waals surface area contributed by atoms with Crippen LogP contribution < -0.4 is 4.74 Å². The van der Waals surface area contributed by atoms with Crippen molar-refractivity contribution in [2.45, 2.75) is 26.5 Å². The van der Waals surface area contributed by atoms with E-state index in [0.29, 0.717) is 35.9 Å². The molecule has 0 radical (unpaired) electrons. The number of furan rings is 1. The molecule has 2 heterocycles. The Morgan fingerprint density at radius 1 is 1.00 bits per heavy atom. The summed E-state index contributed by atoms with van der Waals surface area (Å²) in [6.07, 6.45) is 0.856. The van der Waals surface area contributed by atoms with Gasteiger partial charge in [0.25, 0.3) is 5.91 Å². The molecule has 0 saturated carbocycles. The number of Topliss-reactive ketones (excluding diaryl/α,β-unsaturated/α-hetero) is 1. The molecular weight excluding hydrogens is 354 g/mol. The molecule has 0 aliphatic carbocycles. The van der Waals surface area contributed by atoms with Gasteiger partial charge in [0.15, 0.2) is 11.5 Å². The fourth-order valence-electron chi connectivity index (χ4n) is 3.34. The zero-order valence-corrected chi connectivity index (χ0v) is 15.7. The third-order valence-corrected chi connectivity index (χ3v) is 4.93. The van der Waals surface area contributed by atoms with E-state index in [2.05, 4.69) is 12.1 Å². The zero-order chi connectivity index (χ0) is 19.5. The fourth-order valence-corrected chi connectivity index (χ4v) is 3.34. The number of carbonyl (C=O) groups is 2. The first-order valence-corrected chi connectivity index (χ1v) is 9.29. The van der Waals surface area contributed by atoms with E-state index in [1.807, 2.05) is 17.0 Å². The van der Waals surface area contributed by atoms with E-state index in [0.717, 1.165) is 6.42 Å². The van der Waals surface area contributed by atoms with Gasteiger partial charge in [-0.05, 0) is 60.9 Å². The molecule has 0 fully saturated rings. The minimum Gasteiger partial charge on any atom is -0.486 e. The lowest BCUT2D eigenvalue weighted by Crippen LogP contribution is -2.35. The van der Waals surface area contributed by atoms with Gasteiger partial charge in [0, 0.05) is 18.7 Å². The average Bonchev–Trinajstić information content (AvgIpc) is 3.20. The minimum atomic E-state index is -0.105. The summed E-state index contributed by atoms with van der Waals surface area (Å²) < 4.78 is 11.4. The van der Waals surface area contributed by atoms with E-state index in [4.69, 9.17) is 9.15 Å². The molecule has 5 heteroatoms. The van der Waals surface area contributed by atoms with Gasteiger partial charge in [-0.3, -0.25) is 9.59 Å². The molecule has 5 nitrogen and oxygen atoms in total. The highest BCUT2D eigenvalue weighted by Crippen LogP contribution is 2.22. The third-order valence-electron chi connectivity index (χ3n) is 4.93. The number of amides is 1. The minimum absolute atomic E-state index is 0.0149. The van der Waals surface area contributed by atoms with E-state index in [1.54, 1.807) is 36.4 Å². The fraction of sp³-hybridized carbons (Fsp3) is 0.217. The highest BCUT2D eigenvalue weighted by Gasteiger charge is 2.23. The molecule has 0 spiro atoms. The van der Waals surface area contributed by atoms with Gasteiger partial charge < -0.3 is 14.1 Å². The monoisotopic (exact) mass is 375 g/mol. The van der Waals surface area contributed by atoms with Crippen molar-refractivity contribution < 1.29 is 18.7 Å². The van der Waals surface area contributed by atoms with Crippen LogP contribution in [0.25, 0.3) is 0 Å². The Kier molecular flexibility index (Phi) is 4.98. The van der Waals surface area contributed by atoms with Gasteiger partial charge in [-0.25, -0.2) is 0 Å². The number of nitrogens with zero attached hydrogens (tertiary/aromatic N) is 1. The Labute approximate surface area is 163 Å². The molecule has 1 amide bonds. The molecule has 0 bridgehead atoms. The number of ether oxygens (including phenoxy) is 1. The first kappa shape index (κ1) is 18.0. The SMILES string of the molecule is CC(=O)c1ccc(OCc2ccc(C(=O)N3CCc4ccccc4C3)o2)cc1. The number of benzene rings is 2. The molecule has 0 N–H and O–H groups in total. The highest BCUT2D eigenvalue weighted by atomic mass is 16.5. The number of carbonyl (C=O) groups excluding carboxylic acids is 2. The van der Waals surface area contributed by atoms with Crippen LogP contribution in [0.4, 0.5) is 0 Å². The number of hydrogen-bond donors (Lipinski definition) is 0. The maximum absolute atomic E-state index is 12.8. The number of fused-ring (bicyclic) bond motifs is 1. The smallest absolute Gasteiger partial charge is 0.289 e. The first-order valence-electron chi connectivity index (χ1n) is 9.29. The van der Waals surface area contributed by atoms with Gasteiger partial charge in [0.2, 0.25) is 0 Å². The van der Waals surface area contributed by atoms with Crippen LogP contribution in [-0.2, 0) is 19.6 Å². The topological polar surface area (TPSA) is 59.8 Å². The molecule has 142 valence electrons. The quantitative estimate of drug-likeness (QED) is 0.625. The lowest BCUT2D eigenvalue weighted by molar-refractivity contribution is 0.0698. The molecule has 0 saturated heterocycles. The predicted molar refractivity (Wildman–Crippen MR) is 104 cm³/mol. The van der Waals surface area contributed by atoms with Gasteiger partial charge in [-0.2, -0.15) is 0 Å². The second kappa shape index (κ2) is 7.72. The second-order valence-electron chi connectivity index (χ2n) is 6.88. The summed E-state index contributed by atoms with van der Waals surface area (Å²) in [5.41, 5.74) is 3.13. The van der Waals surface area contributed by atoms with E-state index < -0.39 is 0 Å². The summed E-state index contributed by atoms with van der Waals surface area (Å²) in [5, 5.41) is 0. The highest BCUT2D eigenvalue weighted by molar-refractivity contribution is 5.94. The van der Waals surface area contributed by atoms with Gasteiger partial charge in [-0.1, -0.05) is 24.3 Å². The summed E-state index contributed by atoms with van der Waals surface area (Å²) in [7, 11) is 0. The Morgan fingerprint density at radius 3 is 2.50 bits per heavy atom. The summed E-state index contributed by atoms with van der Waals surface area (Å²) in [4.78, 5) is 25.9. The van der Waals surface area contributed by atoms with Gasteiger partial charge in [0.1, 0.15) is 18.1 Å². The van der Waals surface area contributed by atoms with Crippen molar-refractivity contribution in [2.24, 2.45) is 0 Å². The normalized spacial score (nSPS) is 13.1. The summed E-state index contributed by atoms with van der Waals surface area (Å²) in [5.74, 6) is 1.45. The van der Waals surface area contributed by atoms with Crippen molar-refractivity contribution in [3.8, 4) is 5.75 Å². The standard InChI is InChI=1S/C23H21NO4/c1-16(25)17-6-8-20(9-7-17)27-15-21-10-11-22(28-21)23(26)24-13-12-18-4-2-3-5-19(18)14-24/h2-11H,12-15H2,1H3. The van der Waals surface area contributed by atoms with Crippen LogP contribution in [0.5, 0.6) is 5.75 Å². The summed E-state index contributed by atoms with van der Waals surface area (Å²) in [6.45, 7) is 3.03. The first-order chi connectivity index (χ1) is 13.6. The predicted octanol–water partition coefficient (Wildman–Crippen LogP) is 4.26. The lowest BCUT2D eigenvalue weighted by Gasteiger charge is -2.28. The van der Waals surface area contributed by atoms with Gasteiger partial charge in [-0.15, -0.1) is 0 Å². The van der Waals surface area contributed by atoms with E-state index >= 15 is 0 Å². The van der Waals surface area contributed by atoms with Crippen molar-refractivity contribution in [1.29, 1.82) is 0 Å². The lowest BCUT2D eigenvalue weighted by atomic mass is 10.00. The van der Waals surface area contributed by atoms with Crippen LogP contribution in [-0.4, -0.2) is 23.1 Å². The van der Waals surface area contributed by atoms with Crippen molar-refractivity contribution in [3.63, 3.8) is 0 Å². The van der Waals surface area contributed by atoms with Crippen molar-refractivity contribution in [3.05, 3.63) is 88.9 Å². The maximum atomic E-state index is 12.8. The molecule has 0 unspecified atom stereocenters. The van der Waals surface area contributed by atoms with Gasteiger partial charge >= 0.3 is 0 Å². The van der Waals surface area contributed by atoms with Crippen LogP contribution >= 0.6 is 0 Å². The number of rotatable bonds is 5. The molecule has 1 aliphatic heterocycles. The Bertz CT molecular complexity index is 1000. The zero-order valence-electron chi connectivity index (χ0n) is 15.7. The van der Waals surface area contributed by atoms with E-state index in [1.165, 1.54) is 18.1 Å². The van der Waals surface area contributed by atoms with Crippen molar-refractivity contribution >= 4 is 11.7 Å². The van der Waals surface area contributed by atoms with Gasteiger partial charge in [0.05, 0.1) is 0 Å². The Morgan fingerprint density at radius 2 is 1.75 bits per heavy atom. The van der Waals surface area contributed by atoms with Crippen molar-refractivity contribution in [2.75, 3.05) is 6.54 Å². The van der Waals surface area contributed by atoms with Crippen LogP contribution in [0.15, 0.2) is 65.1 Å². The Balaban J connectivity index is 1.37. The molecule has 4 rings (SSSR count).